The first-order valence-electron chi connectivity index (χ1n) is 7.76. The van der Waals surface area contributed by atoms with Crippen LogP contribution in [0, 0.1) is 11.3 Å². The third kappa shape index (κ3) is 4.08. The van der Waals surface area contributed by atoms with Crippen LogP contribution in [0.3, 0.4) is 0 Å². The van der Waals surface area contributed by atoms with Gasteiger partial charge in [-0.05, 0) is 32.0 Å². The molecule has 0 unspecified atom stereocenters. The lowest BCUT2D eigenvalue weighted by atomic mass is 10.3. The summed E-state index contributed by atoms with van der Waals surface area (Å²) in [6.45, 7) is 4.32. The van der Waals surface area contributed by atoms with Crippen LogP contribution < -0.4 is 31.1 Å². The van der Waals surface area contributed by atoms with E-state index < -0.39 is 5.91 Å². The average molecular weight is 357 g/mol. The summed E-state index contributed by atoms with van der Waals surface area (Å²) in [5.74, 6) is -0.483. The van der Waals surface area contributed by atoms with E-state index in [0.29, 0.717) is 28.0 Å². The molecule has 25 heavy (non-hydrogen) atoms. The van der Waals surface area contributed by atoms with Gasteiger partial charge in [0, 0.05) is 30.7 Å². The Morgan fingerprint density at radius 1 is 1.44 bits per heavy atom. The average Bonchev–Trinajstić information content (AvgIpc) is 2.89. The molecule has 1 aromatic heterocycles. The van der Waals surface area contributed by atoms with Crippen LogP contribution in [0.2, 0.25) is 0 Å². The van der Waals surface area contributed by atoms with Crippen LogP contribution in [0.15, 0.2) is 29.1 Å². The molecule has 1 amide bonds. The number of nitriles is 1. The maximum absolute atomic E-state index is 12.5. The molecule has 0 radical (unpaired) electrons. The first-order chi connectivity index (χ1) is 12.0. The highest BCUT2D eigenvalue weighted by atomic mass is 32.1. The summed E-state index contributed by atoms with van der Waals surface area (Å²) in [4.78, 5) is 24.6. The van der Waals surface area contributed by atoms with E-state index in [9.17, 15) is 14.9 Å². The number of nitrogens with zero attached hydrogens (tertiary/aromatic N) is 2. The van der Waals surface area contributed by atoms with Crippen LogP contribution in [0.1, 0.15) is 13.8 Å². The number of carbonyl (C=O) groups excluding carboxylic acids is 1. The second-order valence-corrected chi connectivity index (χ2v) is 6.11. The third-order valence-electron chi connectivity index (χ3n) is 3.37. The Balaban J connectivity index is 2.58. The number of nitrogens with one attached hydrogen (secondary N) is 2. The molecule has 0 atom stereocenters. The number of nitrogen functional groups attached to an aromatic ring is 1. The summed E-state index contributed by atoms with van der Waals surface area (Å²) >= 11 is 1.10. The number of nitrogens with two attached hydrogens (primary N) is 1. The number of aromatic nitrogens is 1. The van der Waals surface area contributed by atoms with Gasteiger partial charge in [-0.1, -0.05) is 6.07 Å². The van der Waals surface area contributed by atoms with Crippen LogP contribution in [-0.4, -0.2) is 17.0 Å². The number of anilines is 2. The van der Waals surface area contributed by atoms with Crippen LogP contribution >= 0.6 is 11.3 Å². The fourth-order valence-electron chi connectivity index (χ4n) is 2.21. The highest BCUT2D eigenvalue weighted by Crippen LogP contribution is 2.11. The van der Waals surface area contributed by atoms with Crippen LogP contribution in [0.25, 0.3) is 11.8 Å². The van der Waals surface area contributed by atoms with Crippen molar-refractivity contribution in [1.82, 2.24) is 9.88 Å². The molecule has 0 bridgehead atoms. The fourth-order valence-corrected chi connectivity index (χ4v) is 3.30. The SMILES string of the molecule is CCNC(=O)/C(C#N)=c1\s/c(=C/Nc2cccc(N)c2)c(=O)n1CC. The fraction of sp³-hybridized carbons (Fsp3) is 0.235. The van der Waals surface area contributed by atoms with E-state index in [2.05, 4.69) is 10.6 Å². The Bertz CT molecular complexity index is 997. The summed E-state index contributed by atoms with van der Waals surface area (Å²) in [5, 5.41) is 14.9. The molecule has 0 aliphatic rings. The molecule has 1 aromatic carbocycles. The lowest BCUT2D eigenvalue weighted by molar-refractivity contribution is -0.115. The van der Waals surface area contributed by atoms with Crippen molar-refractivity contribution in [1.29, 1.82) is 5.26 Å². The molecule has 8 heteroatoms. The van der Waals surface area contributed by atoms with Crippen molar-refractivity contribution in [2.24, 2.45) is 0 Å². The van der Waals surface area contributed by atoms with Crippen molar-refractivity contribution in [3.8, 4) is 6.07 Å². The molecule has 130 valence electrons. The monoisotopic (exact) mass is 357 g/mol. The number of rotatable bonds is 5. The van der Waals surface area contributed by atoms with Gasteiger partial charge in [0.2, 0.25) is 0 Å². The Hall–Kier alpha value is -3.05. The maximum atomic E-state index is 12.5. The van der Waals surface area contributed by atoms with E-state index in [0.717, 1.165) is 17.0 Å². The predicted octanol–water partition coefficient (Wildman–Crippen LogP) is 0.172. The molecule has 0 saturated carbocycles. The van der Waals surface area contributed by atoms with Crippen molar-refractivity contribution in [2.75, 3.05) is 17.6 Å². The minimum absolute atomic E-state index is 0.0607. The Morgan fingerprint density at radius 2 is 2.20 bits per heavy atom. The van der Waals surface area contributed by atoms with Crippen molar-refractivity contribution < 1.29 is 4.79 Å². The molecule has 4 N–H and O–H groups in total. The van der Waals surface area contributed by atoms with Crippen molar-refractivity contribution in [2.45, 2.75) is 20.4 Å². The molecule has 2 rings (SSSR count). The van der Waals surface area contributed by atoms with Gasteiger partial charge in [0.05, 0.1) is 0 Å². The molecular weight excluding hydrogens is 338 g/mol. The van der Waals surface area contributed by atoms with Gasteiger partial charge < -0.3 is 16.4 Å². The van der Waals surface area contributed by atoms with Crippen LogP contribution in [0.5, 0.6) is 0 Å². The van der Waals surface area contributed by atoms with E-state index in [1.165, 1.54) is 4.57 Å². The van der Waals surface area contributed by atoms with E-state index >= 15 is 0 Å². The zero-order chi connectivity index (χ0) is 18.4. The minimum atomic E-state index is -0.483. The zero-order valence-corrected chi connectivity index (χ0v) is 14.8. The topological polar surface area (TPSA) is 113 Å². The summed E-state index contributed by atoms with van der Waals surface area (Å²) in [6.07, 6.45) is 1.56. The molecule has 0 spiro atoms. The van der Waals surface area contributed by atoms with Gasteiger partial charge >= 0.3 is 0 Å². The minimum Gasteiger partial charge on any atom is -0.399 e. The molecular formula is C17H19N5O2S. The van der Waals surface area contributed by atoms with Crippen molar-refractivity contribution >= 4 is 40.4 Å². The number of hydrogen-bond acceptors (Lipinski definition) is 6. The third-order valence-corrected chi connectivity index (χ3v) is 4.50. The maximum Gasteiger partial charge on any atom is 0.270 e. The van der Waals surface area contributed by atoms with Crippen molar-refractivity contribution in [3.05, 3.63) is 43.8 Å². The highest BCUT2D eigenvalue weighted by molar-refractivity contribution is 7.07. The summed E-state index contributed by atoms with van der Waals surface area (Å²) < 4.78 is 2.17. The van der Waals surface area contributed by atoms with Gasteiger partial charge in [0.15, 0.2) is 5.57 Å². The predicted molar refractivity (Wildman–Crippen MR) is 100 cm³/mol. The summed E-state index contributed by atoms with van der Waals surface area (Å²) in [7, 11) is 0. The Morgan fingerprint density at radius 3 is 2.80 bits per heavy atom. The van der Waals surface area contributed by atoms with E-state index in [1.54, 1.807) is 38.2 Å². The smallest absolute Gasteiger partial charge is 0.270 e. The number of thiazole rings is 1. The zero-order valence-electron chi connectivity index (χ0n) is 14.0. The number of carbonyl (C=O) groups is 1. The number of hydrogen-bond donors (Lipinski definition) is 3. The van der Waals surface area contributed by atoms with Gasteiger partial charge in [-0.25, -0.2) is 0 Å². The number of benzene rings is 1. The van der Waals surface area contributed by atoms with E-state index in [1.807, 2.05) is 12.1 Å². The normalized spacial score (nSPS) is 12.4. The molecule has 1 heterocycles. The van der Waals surface area contributed by atoms with Gasteiger partial charge in [-0.2, -0.15) is 5.26 Å². The highest BCUT2D eigenvalue weighted by Gasteiger charge is 2.14. The molecule has 0 saturated heterocycles. The summed E-state index contributed by atoms with van der Waals surface area (Å²) in [6, 6.07) is 9.03. The summed E-state index contributed by atoms with van der Waals surface area (Å²) in [5.41, 5.74) is 6.76. The van der Waals surface area contributed by atoms with Gasteiger partial charge in [-0.15, -0.1) is 11.3 Å². The molecule has 2 aromatic rings. The Labute approximate surface area is 148 Å². The second kappa shape index (κ2) is 8.17. The lowest BCUT2D eigenvalue weighted by Gasteiger charge is -2.00. The van der Waals surface area contributed by atoms with E-state index in [4.69, 9.17) is 5.73 Å². The molecule has 0 fully saturated rings. The van der Waals surface area contributed by atoms with E-state index in [-0.39, 0.29) is 11.1 Å². The first kappa shape index (κ1) is 18.3. The molecule has 7 nitrogen and oxygen atoms in total. The molecule has 0 aliphatic carbocycles. The quantitative estimate of drug-likeness (QED) is 0.661. The van der Waals surface area contributed by atoms with Crippen LogP contribution in [0.4, 0.5) is 11.4 Å². The lowest BCUT2D eigenvalue weighted by Crippen LogP contribution is -2.34. The van der Waals surface area contributed by atoms with Gasteiger partial charge in [0.25, 0.3) is 11.5 Å². The van der Waals surface area contributed by atoms with Gasteiger partial charge in [0.1, 0.15) is 15.3 Å². The molecule has 0 aliphatic heterocycles. The largest absolute Gasteiger partial charge is 0.399 e. The van der Waals surface area contributed by atoms with Gasteiger partial charge in [-0.3, -0.25) is 14.2 Å². The Kier molecular flexibility index (Phi) is 5.98. The van der Waals surface area contributed by atoms with Crippen molar-refractivity contribution in [3.63, 3.8) is 0 Å². The first-order valence-corrected chi connectivity index (χ1v) is 8.58. The standard InChI is InChI=1S/C17H19N5O2S/c1-3-20-15(23)13(9-18)17-22(4-2)16(24)14(25-17)10-21-12-7-5-6-11(19)8-12/h5-8,10,21H,3-4,19H2,1-2H3,(H,20,23)/b14-10+,17-13-. The number of amides is 1. The second-order valence-electron chi connectivity index (χ2n) is 5.08. The van der Waals surface area contributed by atoms with Crippen LogP contribution in [-0.2, 0) is 11.3 Å².